The molecule has 1 N–H and O–H groups in total. The zero-order valence-corrected chi connectivity index (χ0v) is 8.27. The molecule has 0 unspecified atom stereocenters. The maximum atomic E-state index is 5.63. The summed E-state index contributed by atoms with van der Waals surface area (Å²) in [6.45, 7) is 8.63. The van der Waals surface area contributed by atoms with Crippen LogP contribution >= 0.6 is 11.6 Å². The van der Waals surface area contributed by atoms with Gasteiger partial charge in [0, 0.05) is 37.8 Å². The summed E-state index contributed by atoms with van der Waals surface area (Å²) in [5, 5.41) is 2.85. The molecule has 0 bridgehead atoms. The summed E-state index contributed by atoms with van der Waals surface area (Å²) in [4.78, 5) is 2.31. The lowest BCUT2D eigenvalue weighted by Gasteiger charge is -2.32. The van der Waals surface area contributed by atoms with Crippen molar-refractivity contribution >= 4 is 11.6 Å². The quantitative estimate of drug-likeness (QED) is 0.698. The third-order valence-electron chi connectivity index (χ3n) is 2.00. The van der Waals surface area contributed by atoms with Crippen LogP contribution in [0.3, 0.4) is 0 Å². The van der Waals surface area contributed by atoms with E-state index in [4.69, 9.17) is 11.6 Å². The van der Waals surface area contributed by atoms with Gasteiger partial charge in [0.1, 0.15) is 0 Å². The van der Waals surface area contributed by atoms with E-state index in [1.807, 2.05) is 0 Å². The number of hydrazine groups is 1. The molecular weight excluding hydrogens is 174 g/mol. The molecule has 0 spiro atoms. The number of nitrogens with one attached hydrogen (secondary N) is 1. The van der Waals surface area contributed by atoms with Crippen molar-refractivity contribution in [1.29, 1.82) is 0 Å². The van der Waals surface area contributed by atoms with Gasteiger partial charge in [-0.15, -0.1) is 0 Å². The zero-order valence-electron chi connectivity index (χ0n) is 7.52. The molecule has 1 saturated heterocycles. The van der Waals surface area contributed by atoms with Crippen molar-refractivity contribution in [3.63, 3.8) is 0 Å². The number of halogens is 1. The minimum absolute atomic E-state index is 0.661. The van der Waals surface area contributed by atoms with E-state index in [0.29, 0.717) is 11.6 Å². The van der Waals surface area contributed by atoms with Gasteiger partial charge in [-0.25, -0.2) is 10.4 Å². The molecule has 1 fully saturated rings. The van der Waals surface area contributed by atoms with Gasteiger partial charge in [0.2, 0.25) is 0 Å². The predicted octanol–water partition coefficient (Wildman–Crippen LogP) is 0.491. The summed E-state index contributed by atoms with van der Waals surface area (Å²) in [6, 6.07) is 0. The zero-order chi connectivity index (χ0) is 8.97. The molecule has 3 nitrogen and oxygen atoms in total. The number of piperazine rings is 1. The van der Waals surface area contributed by atoms with Crippen molar-refractivity contribution in [3.05, 3.63) is 11.6 Å². The van der Waals surface area contributed by atoms with Gasteiger partial charge in [-0.05, 0) is 7.05 Å². The Morgan fingerprint density at radius 2 is 2.00 bits per heavy atom. The third-order valence-corrected chi connectivity index (χ3v) is 2.13. The normalized spacial score (nSPS) is 21.2. The lowest BCUT2D eigenvalue weighted by molar-refractivity contribution is 0.109. The molecule has 1 heterocycles. The van der Waals surface area contributed by atoms with Crippen molar-refractivity contribution in [1.82, 2.24) is 15.3 Å². The molecule has 0 aromatic carbocycles. The van der Waals surface area contributed by atoms with Gasteiger partial charge in [-0.1, -0.05) is 18.2 Å². The molecule has 0 amide bonds. The van der Waals surface area contributed by atoms with E-state index in [1.54, 1.807) is 0 Å². The Morgan fingerprint density at radius 3 is 2.50 bits per heavy atom. The summed E-state index contributed by atoms with van der Waals surface area (Å²) in [6.07, 6.45) is 0. The molecule has 4 heteroatoms. The first-order valence-electron chi connectivity index (χ1n) is 4.19. The molecular formula is C8H16ClN3. The fourth-order valence-corrected chi connectivity index (χ4v) is 1.22. The van der Waals surface area contributed by atoms with E-state index >= 15 is 0 Å². The SMILES string of the molecule is C=C(Cl)CNN1CCN(C)CC1. The van der Waals surface area contributed by atoms with Crippen molar-refractivity contribution in [2.24, 2.45) is 0 Å². The maximum absolute atomic E-state index is 5.63. The average molecular weight is 190 g/mol. The largest absolute Gasteiger partial charge is 0.304 e. The highest BCUT2D eigenvalue weighted by Gasteiger charge is 2.12. The van der Waals surface area contributed by atoms with Crippen LogP contribution in [0.1, 0.15) is 0 Å². The highest BCUT2D eigenvalue weighted by molar-refractivity contribution is 6.29. The predicted molar refractivity (Wildman–Crippen MR) is 52.1 cm³/mol. The Bertz CT molecular complexity index is 152. The van der Waals surface area contributed by atoms with Gasteiger partial charge < -0.3 is 4.90 Å². The summed E-state index contributed by atoms with van der Waals surface area (Å²) in [7, 11) is 2.14. The molecule has 1 rings (SSSR count). The highest BCUT2D eigenvalue weighted by atomic mass is 35.5. The van der Waals surface area contributed by atoms with Crippen LogP contribution in [-0.2, 0) is 0 Å². The first kappa shape index (κ1) is 9.99. The van der Waals surface area contributed by atoms with Gasteiger partial charge in [0.25, 0.3) is 0 Å². The minimum atomic E-state index is 0.661. The van der Waals surface area contributed by atoms with Crippen LogP contribution in [0.25, 0.3) is 0 Å². The van der Waals surface area contributed by atoms with E-state index in [2.05, 4.69) is 29.0 Å². The van der Waals surface area contributed by atoms with Crippen molar-refractivity contribution in [3.8, 4) is 0 Å². The fourth-order valence-electron chi connectivity index (χ4n) is 1.16. The number of rotatable bonds is 3. The molecule has 0 aromatic heterocycles. The van der Waals surface area contributed by atoms with Crippen LogP contribution in [0.2, 0.25) is 0 Å². The first-order chi connectivity index (χ1) is 5.68. The second-order valence-electron chi connectivity index (χ2n) is 3.14. The Balaban J connectivity index is 2.13. The molecule has 0 atom stereocenters. The monoisotopic (exact) mass is 189 g/mol. The molecule has 0 aliphatic carbocycles. The second kappa shape index (κ2) is 4.82. The van der Waals surface area contributed by atoms with Crippen LogP contribution in [0.4, 0.5) is 0 Å². The standard InChI is InChI=1S/C8H16ClN3/c1-8(9)7-10-12-5-3-11(2)4-6-12/h10H,1,3-7H2,2H3. The van der Waals surface area contributed by atoms with Gasteiger partial charge >= 0.3 is 0 Å². The van der Waals surface area contributed by atoms with Crippen molar-refractivity contribution in [2.45, 2.75) is 0 Å². The van der Waals surface area contributed by atoms with E-state index in [1.165, 1.54) is 0 Å². The Hall–Kier alpha value is -0.0900. The molecule has 70 valence electrons. The van der Waals surface area contributed by atoms with E-state index < -0.39 is 0 Å². The smallest absolute Gasteiger partial charge is 0.0455 e. The summed E-state index contributed by atoms with van der Waals surface area (Å²) >= 11 is 5.63. The number of nitrogens with zero attached hydrogens (tertiary/aromatic N) is 2. The van der Waals surface area contributed by atoms with Crippen LogP contribution in [-0.4, -0.2) is 49.7 Å². The van der Waals surface area contributed by atoms with Crippen molar-refractivity contribution < 1.29 is 0 Å². The number of hydrogen-bond acceptors (Lipinski definition) is 3. The first-order valence-corrected chi connectivity index (χ1v) is 4.56. The van der Waals surface area contributed by atoms with Gasteiger partial charge in [0.05, 0.1) is 0 Å². The van der Waals surface area contributed by atoms with Crippen LogP contribution in [0, 0.1) is 0 Å². The number of likely N-dealkylation sites (N-methyl/N-ethyl adjacent to an activating group) is 1. The Morgan fingerprint density at radius 1 is 1.42 bits per heavy atom. The lowest BCUT2D eigenvalue weighted by Crippen LogP contribution is -2.50. The van der Waals surface area contributed by atoms with Crippen LogP contribution < -0.4 is 5.43 Å². The summed E-state index contributed by atoms with van der Waals surface area (Å²) in [5.41, 5.74) is 3.22. The van der Waals surface area contributed by atoms with Gasteiger partial charge in [-0.2, -0.15) is 0 Å². The van der Waals surface area contributed by atoms with Crippen LogP contribution in [0.5, 0.6) is 0 Å². The summed E-state index contributed by atoms with van der Waals surface area (Å²) < 4.78 is 0. The summed E-state index contributed by atoms with van der Waals surface area (Å²) in [5.74, 6) is 0. The molecule has 0 radical (unpaired) electrons. The Labute approximate surface area is 78.9 Å². The van der Waals surface area contributed by atoms with E-state index in [9.17, 15) is 0 Å². The lowest BCUT2D eigenvalue weighted by atomic mass is 10.4. The molecule has 12 heavy (non-hydrogen) atoms. The molecule has 0 aromatic rings. The van der Waals surface area contributed by atoms with Crippen LogP contribution in [0.15, 0.2) is 11.6 Å². The number of hydrogen-bond donors (Lipinski definition) is 1. The topological polar surface area (TPSA) is 18.5 Å². The molecule has 1 aliphatic rings. The Kier molecular flexibility index (Phi) is 4.01. The molecule has 0 saturated carbocycles. The van der Waals surface area contributed by atoms with Gasteiger partial charge in [-0.3, -0.25) is 0 Å². The molecule has 1 aliphatic heterocycles. The average Bonchev–Trinajstić information content (AvgIpc) is 2.03. The van der Waals surface area contributed by atoms with Crippen molar-refractivity contribution in [2.75, 3.05) is 39.8 Å². The van der Waals surface area contributed by atoms with E-state index in [0.717, 1.165) is 26.2 Å². The van der Waals surface area contributed by atoms with E-state index in [-0.39, 0.29) is 0 Å². The fraction of sp³-hybridized carbons (Fsp3) is 0.750. The third kappa shape index (κ3) is 3.54. The van der Waals surface area contributed by atoms with Gasteiger partial charge in [0.15, 0.2) is 0 Å². The highest BCUT2D eigenvalue weighted by Crippen LogP contribution is 1.97. The second-order valence-corrected chi connectivity index (χ2v) is 3.68. The maximum Gasteiger partial charge on any atom is 0.0455 e. The minimum Gasteiger partial charge on any atom is -0.304 e.